The fourth-order valence-electron chi connectivity index (χ4n) is 2.96. The SMILES string of the molecule is CCc1cc2c(=O)n(CC(=O)N3CCCC(C)C3)cnc2s1. The molecular formula is C16H21N3O2S. The summed E-state index contributed by atoms with van der Waals surface area (Å²) >= 11 is 1.55. The molecule has 2 aromatic rings. The quantitative estimate of drug-likeness (QED) is 0.872. The Morgan fingerprint density at radius 2 is 2.32 bits per heavy atom. The van der Waals surface area contributed by atoms with Crippen molar-refractivity contribution >= 4 is 27.5 Å². The molecule has 0 saturated carbocycles. The molecule has 0 spiro atoms. The Bertz CT molecular complexity index is 749. The second kappa shape index (κ2) is 6.20. The van der Waals surface area contributed by atoms with Gasteiger partial charge in [0.15, 0.2) is 0 Å². The molecule has 6 heteroatoms. The van der Waals surface area contributed by atoms with E-state index in [4.69, 9.17) is 0 Å². The van der Waals surface area contributed by atoms with Crippen LogP contribution in [0.1, 0.15) is 31.6 Å². The average molecular weight is 319 g/mol. The maximum absolute atomic E-state index is 12.5. The average Bonchev–Trinajstić information content (AvgIpc) is 2.94. The number of hydrogen-bond donors (Lipinski definition) is 0. The lowest BCUT2D eigenvalue weighted by atomic mass is 10.0. The number of fused-ring (bicyclic) bond motifs is 1. The lowest BCUT2D eigenvalue weighted by Gasteiger charge is -2.31. The Morgan fingerprint density at radius 3 is 3.05 bits per heavy atom. The molecule has 2 aromatic heterocycles. The van der Waals surface area contributed by atoms with E-state index in [2.05, 4.69) is 18.8 Å². The molecule has 1 unspecified atom stereocenters. The zero-order valence-electron chi connectivity index (χ0n) is 13.0. The molecule has 0 aromatic carbocycles. The van der Waals surface area contributed by atoms with E-state index in [9.17, 15) is 9.59 Å². The number of thiophene rings is 1. The summed E-state index contributed by atoms with van der Waals surface area (Å²) in [6, 6.07) is 1.90. The number of aryl methyl sites for hydroxylation is 1. The standard InChI is InChI=1S/C16H21N3O2S/c1-3-12-7-13-15(22-12)17-10-19(16(13)21)9-14(20)18-6-4-5-11(2)8-18/h7,10-11H,3-6,8-9H2,1-2H3. The summed E-state index contributed by atoms with van der Waals surface area (Å²) in [5.74, 6) is 0.555. The summed E-state index contributed by atoms with van der Waals surface area (Å²) in [5, 5.41) is 0.629. The molecule has 1 fully saturated rings. The molecule has 5 nitrogen and oxygen atoms in total. The van der Waals surface area contributed by atoms with Crippen molar-refractivity contribution in [1.29, 1.82) is 0 Å². The van der Waals surface area contributed by atoms with Gasteiger partial charge in [-0.2, -0.15) is 0 Å². The fraction of sp³-hybridized carbons (Fsp3) is 0.562. The molecule has 22 heavy (non-hydrogen) atoms. The molecule has 3 rings (SSSR count). The van der Waals surface area contributed by atoms with Crippen molar-refractivity contribution in [3.8, 4) is 0 Å². The smallest absolute Gasteiger partial charge is 0.262 e. The monoisotopic (exact) mass is 319 g/mol. The molecule has 118 valence electrons. The van der Waals surface area contributed by atoms with Crippen LogP contribution in [0.15, 0.2) is 17.2 Å². The number of nitrogens with zero attached hydrogens (tertiary/aromatic N) is 3. The van der Waals surface area contributed by atoms with Crippen LogP contribution in [0.25, 0.3) is 10.2 Å². The molecule has 1 saturated heterocycles. The van der Waals surface area contributed by atoms with E-state index < -0.39 is 0 Å². The zero-order chi connectivity index (χ0) is 15.7. The molecule has 0 aliphatic carbocycles. The number of amides is 1. The van der Waals surface area contributed by atoms with Gasteiger partial charge in [0.1, 0.15) is 11.4 Å². The fourth-order valence-corrected chi connectivity index (χ4v) is 3.88. The van der Waals surface area contributed by atoms with Gasteiger partial charge in [0, 0.05) is 18.0 Å². The largest absolute Gasteiger partial charge is 0.341 e. The van der Waals surface area contributed by atoms with Crippen molar-refractivity contribution in [3.63, 3.8) is 0 Å². The Labute approximate surface area is 133 Å². The van der Waals surface area contributed by atoms with Gasteiger partial charge in [0.05, 0.1) is 11.7 Å². The van der Waals surface area contributed by atoms with E-state index in [0.29, 0.717) is 11.3 Å². The Kier molecular flexibility index (Phi) is 4.29. The summed E-state index contributed by atoms with van der Waals surface area (Å²) in [6.07, 6.45) is 4.62. The van der Waals surface area contributed by atoms with Crippen LogP contribution in [0.5, 0.6) is 0 Å². The number of aromatic nitrogens is 2. The van der Waals surface area contributed by atoms with Gasteiger partial charge in [-0.1, -0.05) is 13.8 Å². The Morgan fingerprint density at radius 1 is 1.50 bits per heavy atom. The minimum Gasteiger partial charge on any atom is -0.341 e. The van der Waals surface area contributed by atoms with Gasteiger partial charge in [0.2, 0.25) is 5.91 Å². The number of likely N-dealkylation sites (tertiary alicyclic amines) is 1. The van der Waals surface area contributed by atoms with E-state index in [0.717, 1.165) is 35.6 Å². The highest BCUT2D eigenvalue weighted by molar-refractivity contribution is 7.18. The van der Waals surface area contributed by atoms with E-state index in [-0.39, 0.29) is 18.0 Å². The summed E-state index contributed by atoms with van der Waals surface area (Å²) in [4.78, 5) is 33.0. The Hall–Kier alpha value is -1.69. The van der Waals surface area contributed by atoms with Crippen molar-refractivity contribution in [2.45, 2.75) is 39.7 Å². The van der Waals surface area contributed by atoms with Gasteiger partial charge in [-0.05, 0) is 31.2 Å². The number of piperidine rings is 1. The lowest BCUT2D eigenvalue weighted by molar-refractivity contribution is -0.133. The van der Waals surface area contributed by atoms with Crippen molar-refractivity contribution in [3.05, 3.63) is 27.6 Å². The van der Waals surface area contributed by atoms with Gasteiger partial charge in [-0.3, -0.25) is 14.2 Å². The summed E-state index contributed by atoms with van der Waals surface area (Å²) in [6.45, 7) is 5.90. The van der Waals surface area contributed by atoms with Crippen LogP contribution in [0.4, 0.5) is 0 Å². The Balaban J connectivity index is 1.82. The first-order valence-corrected chi connectivity index (χ1v) is 8.65. The second-order valence-electron chi connectivity index (χ2n) is 6.05. The lowest BCUT2D eigenvalue weighted by Crippen LogP contribution is -2.42. The van der Waals surface area contributed by atoms with Crippen molar-refractivity contribution in [2.75, 3.05) is 13.1 Å². The van der Waals surface area contributed by atoms with E-state index in [1.807, 2.05) is 11.0 Å². The van der Waals surface area contributed by atoms with Crippen molar-refractivity contribution in [1.82, 2.24) is 14.5 Å². The van der Waals surface area contributed by atoms with E-state index >= 15 is 0 Å². The maximum Gasteiger partial charge on any atom is 0.262 e. The molecule has 3 heterocycles. The molecule has 1 atom stereocenters. The van der Waals surface area contributed by atoms with E-state index in [1.165, 1.54) is 17.3 Å². The first kappa shape index (κ1) is 15.2. The summed E-state index contributed by atoms with van der Waals surface area (Å²) < 4.78 is 1.44. The van der Waals surface area contributed by atoms with Crippen LogP contribution >= 0.6 is 11.3 Å². The molecule has 1 amide bonds. The zero-order valence-corrected chi connectivity index (χ0v) is 13.9. The van der Waals surface area contributed by atoms with Crippen LogP contribution in [0.3, 0.4) is 0 Å². The van der Waals surface area contributed by atoms with E-state index in [1.54, 1.807) is 11.3 Å². The predicted molar refractivity (Wildman–Crippen MR) is 88.2 cm³/mol. The van der Waals surface area contributed by atoms with Gasteiger partial charge in [-0.25, -0.2) is 4.98 Å². The molecular weight excluding hydrogens is 298 g/mol. The van der Waals surface area contributed by atoms with Gasteiger partial charge < -0.3 is 4.90 Å². The van der Waals surface area contributed by atoms with Crippen LogP contribution < -0.4 is 5.56 Å². The summed E-state index contributed by atoms with van der Waals surface area (Å²) in [5.41, 5.74) is -0.112. The van der Waals surface area contributed by atoms with Gasteiger partial charge >= 0.3 is 0 Å². The minimum absolute atomic E-state index is 0.0146. The highest BCUT2D eigenvalue weighted by atomic mass is 32.1. The normalized spacial score (nSPS) is 18.8. The molecule has 1 aliphatic heterocycles. The van der Waals surface area contributed by atoms with Crippen molar-refractivity contribution in [2.24, 2.45) is 5.92 Å². The minimum atomic E-state index is -0.112. The predicted octanol–water partition coefficient (Wildman–Crippen LogP) is 2.28. The van der Waals surface area contributed by atoms with Gasteiger partial charge in [0.25, 0.3) is 5.56 Å². The maximum atomic E-state index is 12.5. The van der Waals surface area contributed by atoms with Crippen LogP contribution in [-0.2, 0) is 17.8 Å². The first-order chi connectivity index (χ1) is 10.6. The molecule has 0 bridgehead atoms. The van der Waals surface area contributed by atoms with Gasteiger partial charge in [-0.15, -0.1) is 11.3 Å². The molecule has 0 radical (unpaired) electrons. The van der Waals surface area contributed by atoms with Crippen molar-refractivity contribution < 1.29 is 4.79 Å². The highest BCUT2D eigenvalue weighted by Gasteiger charge is 2.21. The number of carbonyl (C=O) groups excluding carboxylic acids is 1. The third kappa shape index (κ3) is 2.92. The van der Waals surface area contributed by atoms with Crippen LogP contribution in [0.2, 0.25) is 0 Å². The number of hydrogen-bond acceptors (Lipinski definition) is 4. The topological polar surface area (TPSA) is 55.2 Å². The van der Waals surface area contributed by atoms with Crippen LogP contribution in [0, 0.1) is 5.92 Å². The number of rotatable bonds is 3. The number of carbonyl (C=O) groups is 1. The third-order valence-electron chi connectivity index (χ3n) is 4.23. The van der Waals surface area contributed by atoms with Crippen LogP contribution in [-0.4, -0.2) is 33.4 Å². The first-order valence-electron chi connectivity index (χ1n) is 7.84. The summed E-state index contributed by atoms with van der Waals surface area (Å²) in [7, 11) is 0. The highest BCUT2D eigenvalue weighted by Crippen LogP contribution is 2.21. The second-order valence-corrected chi connectivity index (χ2v) is 7.17. The molecule has 1 aliphatic rings. The third-order valence-corrected chi connectivity index (χ3v) is 5.42. The molecule has 0 N–H and O–H groups in total.